The monoisotopic (exact) mass is 217 g/mol. The van der Waals surface area contributed by atoms with Gasteiger partial charge in [-0.25, -0.2) is 0 Å². The highest BCUT2D eigenvalue weighted by Gasteiger charge is 2.09. The molecule has 1 rings (SSSR count). The van der Waals surface area contributed by atoms with Crippen molar-refractivity contribution >= 4 is 12.4 Å². The molecule has 0 saturated heterocycles. The first-order valence-corrected chi connectivity index (χ1v) is 4.37. The molecule has 0 aliphatic heterocycles. The second-order valence-electron chi connectivity index (χ2n) is 2.76. The molecule has 0 saturated carbocycles. The first-order valence-electron chi connectivity index (χ1n) is 4.37. The van der Waals surface area contributed by atoms with Gasteiger partial charge < -0.3 is 15.6 Å². The van der Waals surface area contributed by atoms with Gasteiger partial charge in [0.2, 0.25) is 0 Å². The van der Waals surface area contributed by atoms with Crippen LogP contribution in [0.15, 0.2) is 24.3 Å². The molecule has 0 aliphatic rings. The third-order valence-corrected chi connectivity index (χ3v) is 1.82. The molecule has 0 aliphatic carbocycles. The Labute approximate surface area is 90.3 Å². The van der Waals surface area contributed by atoms with Crippen molar-refractivity contribution in [3.05, 3.63) is 29.8 Å². The summed E-state index contributed by atoms with van der Waals surface area (Å²) in [6, 6.07) is 7.13. The molecule has 1 atom stereocenters. The standard InChI is InChI=1S/C10H15NO2.ClH/c1-2-13-10-6-4-3-5-8(10)9(11)7-12;/h3-6,9,12H,2,7,11H2,1H3;1H/t9-;/m0./s1. The van der Waals surface area contributed by atoms with Crippen LogP contribution < -0.4 is 10.5 Å². The summed E-state index contributed by atoms with van der Waals surface area (Å²) in [5.41, 5.74) is 6.55. The Morgan fingerprint density at radius 3 is 2.64 bits per heavy atom. The van der Waals surface area contributed by atoms with Crippen LogP contribution in [0, 0.1) is 0 Å². The van der Waals surface area contributed by atoms with E-state index in [1.54, 1.807) is 0 Å². The number of halogens is 1. The summed E-state index contributed by atoms with van der Waals surface area (Å²) >= 11 is 0. The molecular weight excluding hydrogens is 202 g/mol. The van der Waals surface area contributed by atoms with Crippen molar-refractivity contribution in [2.45, 2.75) is 13.0 Å². The Kier molecular flexibility index (Phi) is 6.28. The molecule has 3 nitrogen and oxygen atoms in total. The van der Waals surface area contributed by atoms with Crippen LogP contribution in [0.4, 0.5) is 0 Å². The van der Waals surface area contributed by atoms with Gasteiger partial charge in [-0.3, -0.25) is 0 Å². The molecule has 0 unspecified atom stereocenters. The molecule has 0 radical (unpaired) electrons. The maximum Gasteiger partial charge on any atom is 0.124 e. The van der Waals surface area contributed by atoms with Crippen molar-refractivity contribution < 1.29 is 9.84 Å². The largest absolute Gasteiger partial charge is 0.494 e. The predicted molar refractivity (Wildman–Crippen MR) is 58.9 cm³/mol. The number of ether oxygens (including phenoxy) is 1. The predicted octanol–water partition coefficient (Wildman–Crippen LogP) is 1.50. The molecule has 1 aromatic carbocycles. The Morgan fingerprint density at radius 2 is 2.07 bits per heavy atom. The zero-order chi connectivity index (χ0) is 9.68. The first-order chi connectivity index (χ1) is 6.29. The second kappa shape index (κ2) is 6.65. The van der Waals surface area contributed by atoms with Gasteiger partial charge in [0.05, 0.1) is 19.3 Å². The molecule has 14 heavy (non-hydrogen) atoms. The van der Waals surface area contributed by atoms with Crippen LogP contribution in [0.2, 0.25) is 0 Å². The summed E-state index contributed by atoms with van der Waals surface area (Å²) in [6.45, 7) is 2.46. The lowest BCUT2D eigenvalue weighted by Gasteiger charge is -2.13. The van der Waals surface area contributed by atoms with Gasteiger partial charge in [0.25, 0.3) is 0 Å². The van der Waals surface area contributed by atoms with Crippen molar-refractivity contribution in [2.24, 2.45) is 5.73 Å². The van der Waals surface area contributed by atoms with Crippen molar-refractivity contribution in [2.75, 3.05) is 13.2 Å². The normalized spacial score (nSPS) is 11.6. The van der Waals surface area contributed by atoms with E-state index >= 15 is 0 Å². The molecule has 0 bridgehead atoms. The summed E-state index contributed by atoms with van der Waals surface area (Å²) in [7, 11) is 0. The summed E-state index contributed by atoms with van der Waals surface area (Å²) in [5, 5.41) is 8.90. The number of aliphatic hydroxyl groups is 1. The topological polar surface area (TPSA) is 55.5 Å². The highest BCUT2D eigenvalue weighted by molar-refractivity contribution is 5.85. The van der Waals surface area contributed by atoms with Crippen LogP contribution in [-0.4, -0.2) is 18.3 Å². The summed E-state index contributed by atoms with van der Waals surface area (Å²) in [4.78, 5) is 0. The van der Waals surface area contributed by atoms with Crippen LogP contribution in [0.3, 0.4) is 0 Å². The van der Waals surface area contributed by atoms with Gasteiger partial charge in [-0.15, -0.1) is 12.4 Å². The van der Waals surface area contributed by atoms with Crippen LogP contribution >= 0.6 is 12.4 Å². The van der Waals surface area contributed by atoms with E-state index in [1.165, 1.54) is 0 Å². The molecule has 0 amide bonds. The van der Waals surface area contributed by atoms with E-state index in [1.807, 2.05) is 31.2 Å². The van der Waals surface area contributed by atoms with Crippen LogP contribution in [0.5, 0.6) is 5.75 Å². The van der Waals surface area contributed by atoms with Crippen LogP contribution in [0.1, 0.15) is 18.5 Å². The minimum absolute atomic E-state index is 0. The van der Waals surface area contributed by atoms with Gasteiger partial charge in [-0.05, 0) is 13.0 Å². The molecule has 80 valence electrons. The lowest BCUT2D eigenvalue weighted by Crippen LogP contribution is -2.15. The maximum atomic E-state index is 8.90. The minimum atomic E-state index is -0.359. The highest BCUT2D eigenvalue weighted by Crippen LogP contribution is 2.22. The third kappa shape index (κ3) is 3.18. The third-order valence-electron chi connectivity index (χ3n) is 1.82. The number of hydrogen-bond acceptors (Lipinski definition) is 3. The summed E-state index contributed by atoms with van der Waals surface area (Å²) < 4.78 is 5.37. The lowest BCUT2D eigenvalue weighted by molar-refractivity contribution is 0.261. The summed E-state index contributed by atoms with van der Waals surface area (Å²) in [6.07, 6.45) is 0. The minimum Gasteiger partial charge on any atom is -0.494 e. The van der Waals surface area contributed by atoms with Gasteiger partial charge in [0.15, 0.2) is 0 Å². The number of nitrogens with two attached hydrogens (primary N) is 1. The Hall–Kier alpha value is -0.770. The van der Waals surface area contributed by atoms with Gasteiger partial charge in [0, 0.05) is 5.56 Å². The van der Waals surface area contributed by atoms with E-state index in [2.05, 4.69) is 0 Å². The van der Waals surface area contributed by atoms with Crippen LogP contribution in [-0.2, 0) is 0 Å². The van der Waals surface area contributed by atoms with Crippen LogP contribution in [0.25, 0.3) is 0 Å². The van der Waals surface area contributed by atoms with Crippen molar-refractivity contribution in [1.82, 2.24) is 0 Å². The van der Waals surface area contributed by atoms with E-state index in [-0.39, 0.29) is 25.1 Å². The molecule has 4 heteroatoms. The van der Waals surface area contributed by atoms with Gasteiger partial charge in [-0.2, -0.15) is 0 Å². The molecule has 0 aromatic heterocycles. The summed E-state index contributed by atoms with van der Waals surface area (Å²) in [5.74, 6) is 0.756. The van der Waals surface area contributed by atoms with Gasteiger partial charge in [0.1, 0.15) is 5.75 Å². The number of para-hydroxylation sites is 1. The maximum absolute atomic E-state index is 8.90. The Bertz CT molecular complexity index is 268. The fourth-order valence-corrected chi connectivity index (χ4v) is 1.17. The molecule has 0 heterocycles. The van der Waals surface area contributed by atoms with E-state index in [0.717, 1.165) is 11.3 Å². The molecular formula is C10H16ClNO2. The number of hydrogen-bond donors (Lipinski definition) is 2. The van der Waals surface area contributed by atoms with Crippen molar-refractivity contribution in [3.63, 3.8) is 0 Å². The Balaban J connectivity index is 0.00000169. The zero-order valence-corrected chi connectivity index (χ0v) is 8.96. The SMILES string of the molecule is CCOc1ccccc1[C@@H](N)CO.Cl. The zero-order valence-electron chi connectivity index (χ0n) is 8.14. The number of benzene rings is 1. The number of aliphatic hydroxyl groups excluding tert-OH is 1. The first kappa shape index (κ1) is 13.2. The van der Waals surface area contributed by atoms with Gasteiger partial charge in [-0.1, -0.05) is 18.2 Å². The fraction of sp³-hybridized carbons (Fsp3) is 0.400. The quantitative estimate of drug-likeness (QED) is 0.804. The number of rotatable bonds is 4. The van der Waals surface area contributed by atoms with Crippen molar-refractivity contribution in [3.8, 4) is 5.75 Å². The van der Waals surface area contributed by atoms with Crippen molar-refractivity contribution in [1.29, 1.82) is 0 Å². The van der Waals surface area contributed by atoms with E-state index in [4.69, 9.17) is 15.6 Å². The fourth-order valence-electron chi connectivity index (χ4n) is 1.17. The highest BCUT2D eigenvalue weighted by atomic mass is 35.5. The lowest BCUT2D eigenvalue weighted by atomic mass is 10.1. The molecule has 3 N–H and O–H groups in total. The molecule has 0 spiro atoms. The Morgan fingerprint density at radius 1 is 1.43 bits per heavy atom. The average molecular weight is 218 g/mol. The van der Waals surface area contributed by atoms with E-state index in [9.17, 15) is 0 Å². The van der Waals surface area contributed by atoms with E-state index in [0.29, 0.717) is 6.61 Å². The second-order valence-corrected chi connectivity index (χ2v) is 2.76. The van der Waals surface area contributed by atoms with Gasteiger partial charge >= 0.3 is 0 Å². The average Bonchev–Trinajstić information content (AvgIpc) is 2.18. The van der Waals surface area contributed by atoms with E-state index < -0.39 is 0 Å². The smallest absolute Gasteiger partial charge is 0.124 e. The molecule has 0 fully saturated rings. The molecule has 1 aromatic rings.